The van der Waals surface area contributed by atoms with Gasteiger partial charge in [0.05, 0.1) is 6.61 Å². The van der Waals surface area contributed by atoms with Crippen molar-refractivity contribution in [1.82, 2.24) is 0 Å². The van der Waals surface area contributed by atoms with Crippen LogP contribution in [-0.4, -0.2) is 17.8 Å². The minimum absolute atomic E-state index is 0.554. The van der Waals surface area contributed by atoms with Crippen LogP contribution in [0.15, 0.2) is 36.4 Å². The zero-order valence-corrected chi connectivity index (χ0v) is 9.43. The van der Waals surface area contributed by atoms with Crippen LogP contribution in [0.3, 0.4) is 0 Å². The zero-order chi connectivity index (χ0) is 12.3. The van der Waals surface area contributed by atoms with Gasteiger partial charge in [0.25, 0.3) is 0 Å². The number of hydrogen-bond acceptors (Lipinski definition) is 2. The Morgan fingerprint density at radius 3 is 2.71 bits per heavy atom. The van der Waals surface area contributed by atoms with Crippen molar-refractivity contribution in [2.75, 3.05) is 11.9 Å². The van der Waals surface area contributed by atoms with Crippen molar-refractivity contribution in [3.63, 3.8) is 0 Å². The predicted octanol–water partition coefficient (Wildman–Crippen LogP) is 3.33. The van der Waals surface area contributed by atoms with Gasteiger partial charge in [-0.25, -0.2) is 4.79 Å². The second-order valence-electron chi connectivity index (χ2n) is 3.59. The summed E-state index contributed by atoms with van der Waals surface area (Å²) in [7, 11) is 0. The highest BCUT2D eigenvalue weighted by molar-refractivity contribution is 5.91. The SMILES string of the molecule is CCOc1ccc2ccc(NC(=O)O)cc2c1. The Morgan fingerprint density at radius 1 is 1.24 bits per heavy atom. The van der Waals surface area contributed by atoms with E-state index in [0.29, 0.717) is 12.3 Å². The average molecular weight is 231 g/mol. The minimum Gasteiger partial charge on any atom is -0.494 e. The van der Waals surface area contributed by atoms with Crippen LogP contribution >= 0.6 is 0 Å². The molecule has 0 atom stereocenters. The van der Waals surface area contributed by atoms with Crippen molar-refractivity contribution in [3.05, 3.63) is 36.4 Å². The lowest BCUT2D eigenvalue weighted by Crippen LogP contribution is -2.06. The first-order chi connectivity index (χ1) is 8.19. The minimum atomic E-state index is -1.06. The number of carbonyl (C=O) groups is 1. The number of nitrogens with one attached hydrogen (secondary N) is 1. The maximum absolute atomic E-state index is 10.5. The van der Waals surface area contributed by atoms with Crippen LogP contribution in [-0.2, 0) is 0 Å². The zero-order valence-electron chi connectivity index (χ0n) is 9.43. The van der Waals surface area contributed by atoms with Crippen LogP contribution in [0.5, 0.6) is 5.75 Å². The van der Waals surface area contributed by atoms with Crippen LogP contribution in [0.2, 0.25) is 0 Å². The van der Waals surface area contributed by atoms with E-state index in [0.717, 1.165) is 16.5 Å². The topological polar surface area (TPSA) is 58.6 Å². The van der Waals surface area contributed by atoms with Gasteiger partial charge >= 0.3 is 6.09 Å². The molecule has 0 heterocycles. The number of benzene rings is 2. The Morgan fingerprint density at radius 2 is 2.00 bits per heavy atom. The van der Waals surface area contributed by atoms with Crippen LogP contribution < -0.4 is 10.1 Å². The second-order valence-corrected chi connectivity index (χ2v) is 3.59. The predicted molar refractivity (Wildman–Crippen MR) is 66.8 cm³/mol. The second kappa shape index (κ2) is 4.74. The average Bonchev–Trinajstić information content (AvgIpc) is 2.28. The van der Waals surface area contributed by atoms with Gasteiger partial charge in [0.1, 0.15) is 5.75 Å². The molecule has 0 bridgehead atoms. The Bertz CT molecular complexity index is 551. The van der Waals surface area contributed by atoms with E-state index in [1.807, 2.05) is 31.2 Å². The fourth-order valence-electron chi connectivity index (χ4n) is 1.68. The molecule has 1 amide bonds. The highest BCUT2D eigenvalue weighted by Crippen LogP contribution is 2.24. The molecule has 2 N–H and O–H groups in total. The summed E-state index contributed by atoms with van der Waals surface area (Å²) in [6, 6.07) is 11.1. The van der Waals surface area contributed by atoms with E-state index in [1.54, 1.807) is 12.1 Å². The summed E-state index contributed by atoms with van der Waals surface area (Å²) in [6.07, 6.45) is -1.06. The van der Waals surface area contributed by atoms with E-state index in [-0.39, 0.29) is 0 Å². The quantitative estimate of drug-likeness (QED) is 0.851. The molecule has 0 aromatic heterocycles. The van der Waals surface area contributed by atoms with Gasteiger partial charge in [-0.2, -0.15) is 0 Å². The molecule has 0 fully saturated rings. The molecule has 0 unspecified atom stereocenters. The molecular formula is C13H13NO3. The molecule has 0 radical (unpaired) electrons. The van der Waals surface area contributed by atoms with Gasteiger partial charge < -0.3 is 9.84 Å². The first-order valence-electron chi connectivity index (χ1n) is 5.35. The van der Waals surface area contributed by atoms with Gasteiger partial charge in [-0.05, 0) is 42.0 Å². The third-order valence-corrected chi connectivity index (χ3v) is 2.37. The van der Waals surface area contributed by atoms with Gasteiger partial charge in [0.15, 0.2) is 0 Å². The number of hydrogen-bond donors (Lipinski definition) is 2. The molecule has 88 valence electrons. The van der Waals surface area contributed by atoms with E-state index < -0.39 is 6.09 Å². The van der Waals surface area contributed by atoms with Crippen molar-refractivity contribution in [2.45, 2.75) is 6.92 Å². The molecule has 4 nitrogen and oxygen atoms in total. The van der Waals surface area contributed by atoms with E-state index in [4.69, 9.17) is 9.84 Å². The Balaban J connectivity index is 2.39. The standard InChI is InChI=1S/C13H13NO3/c1-2-17-12-6-4-9-3-5-11(14-13(15)16)7-10(9)8-12/h3-8,14H,2H2,1H3,(H,15,16). The molecule has 0 saturated carbocycles. The molecule has 0 aliphatic rings. The lowest BCUT2D eigenvalue weighted by Gasteiger charge is -2.06. The monoisotopic (exact) mass is 231 g/mol. The van der Waals surface area contributed by atoms with Crippen LogP contribution in [0.4, 0.5) is 10.5 Å². The maximum atomic E-state index is 10.5. The van der Waals surface area contributed by atoms with Gasteiger partial charge in [0, 0.05) is 5.69 Å². The Labute approximate surface area is 98.8 Å². The lowest BCUT2D eigenvalue weighted by molar-refractivity contribution is 0.210. The number of ether oxygens (including phenoxy) is 1. The first-order valence-corrected chi connectivity index (χ1v) is 5.35. The van der Waals surface area contributed by atoms with Crippen molar-refractivity contribution >= 4 is 22.6 Å². The fourth-order valence-corrected chi connectivity index (χ4v) is 1.68. The summed E-state index contributed by atoms with van der Waals surface area (Å²) in [5, 5.41) is 13.0. The fraction of sp³-hybridized carbons (Fsp3) is 0.154. The van der Waals surface area contributed by atoms with E-state index in [9.17, 15) is 4.79 Å². The van der Waals surface area contributed by atoms with Gasteiger partial charge in [0.2, 0.25) is 0 Å². The summed E-state index contributed by atoms with van der Waals surface area (Å²) in [6.45, 7) is 2.53. The van der Waals surface area contributed by atoms with Gasteiger partial charge in [-0.3, -0.25) is 5.32 Å². The highest BCUT2D eigenvalue weighted by Gasteiger charge is 2.01. The summed E-state index contributed by atoms with van der Waals surface area (Å²) in [4.78, 5) is 10.5. The van der Waals surface area contributed by atoms with Crippen molar-refractivity contribution in [2.24, 2.45) is 0 Å². The van der Waals surface area contributed by atoms with Crippen LogP contribution in [0, 0.1) is 0 Å². The number of amides is 1. The van der Waals surface area contributed by atoms with Crippen LogP contribution in [0.1, 0.15) is 6.92 Å². The number of carboxylic acid groups (broad SMARTS) is 1. The summed E-state index contributed by atoms with van der Waals surface area (Å²) in [5.41, 5.74) is 0.554. The molecule has 0 saturated heterocycles. The summed E-state index contributed by atoms with van der Waals surface area (Å²) < 4.78 is 5.40. The Kier molecular flexibility index (Phi) is 3.14. The number of rotatable bonds is 3. The highest BCUT2D eigenvalue weighted by atomic mass is 16.5. The molecule has 0 aliphatic heterocycles. The summed E-state index contributed by atoms with van der Waals surface area (Å²) in [5.74, 6) is 0.785. The molecule has 0 spiro atoms. The van der Waals surface area contributed by atoms with E-state index in [1.165, 1.54) is 0 Å². The van der Waals surface area contributed by atoms with Crippen molar-refractivity contribution in [1.29, 1.82) is 0 Å². The van der Waals surface area contributed by atoms with E-state index in [2.05, 4.69) is 5.32 Å². The van der Waals surface area contributed by atoms with Gasteiger partial charge in [-0.15, -0.1) is 0 Å². The normalized spacial score (nSPS) is 10.2. The smallest absolute Gasteiger partial charge is 0.409 e. The maximum Gasteiger partial charge on any atom is 0.409 e. The van der Waals surface area contributed by atoms with E-state index >= 15 is 0 Å². The molecule has 4 heteroatoms. The molecule has 0 aliphatic carbocycles. The van der Waals surface area contributed by atoms with Crippen molar-refractivity contribution < 1.29 is 14.6 Å². The molecular weight excluding hydrogens is 218 g/mol. The lowest BCUT2D eigenvalue weighted by atomic mass is 10.1. The molecule has 2 rings (SSSR count). The summed E-state index contributed by atoms with van der Waals surface area (Å²) >= 11 is 0. The van der Waals surface area contributed by atoms with Crippen LogP contribution in [0.25, 0.3) is 10.8 Å². The molecule has 2 aromatic carbocycles. The number of anilines is 1. The van der Waals surface area contributed by atoms with Crippen molar-refractivity contribution in [3.8, 4) is 5.75 Å². The molecule has 2 aromatic rings. The number of fused-ring (bicyclic) bond motifs is 1. The first kappa shape index (κ1) is 11.3. The third-order valence-electron chi connectivity index (χ3n) is 2.37. The Hall–Kier alpha value is -2.23. The third kappa shape index (κ3) is 2.66. The largest absolute Gasteiger partial charge is 0.494 e. The molecule has 17 heavy (non-hydrogen) atoms. The van der Waals surface area contributed by atoms with Gasteiger partial charge in [-0.1, -0.05) is 12.1 Å².